The maximum atomic E-state index is 11.9. The summed E-state index contributed by atoms with van der Waals surface area (Å²) >= 11 is 0. The van der Waals surface area contributed by atoms with E-state index in [9.17, 15) is 9.59 Å². The highest BCUT2D eigenvalue weighted by Crippen LogP contribution is 2.32. The average molecular weight is 254 g/mol. The fourth-order valence-electron chi connectivity index (χ4n) is 2.40. The second-order valence-electron chi connectivity index (χ2n) is 5.46. The van der Waals surface area contributed by atoms with Gasteiger partial charge in [0.1, 0.15) is 0 Å². The maximum absolute atomic E-state index is 11.9. The third kappa shape index (κ3) is 3.45. The molecule has 0 spiro atoms. The summed E-state index contributed by atoms with van der Waals surface area (Å²) in [7, 11) is 0. The molecule has 102 valence electrons. The lowest BCUT2D eigenvalue weighted by atomic mass is 10.1. The molecule has 18 heavy (non-hydrogen) atoms. The molecule has 0 bridgehead atoms. The van der Waals surface area contributed by atoms with E-state index in [1.807, 2.05) is 4.90 Å². The molecule has 0 aromatic carbocycles. The Balaban J connectivity index is 1.68. The molecule has 0 radical (unpaired) electrons. The zero-order chi connectivity index (χ0) is 13.1. The van der Waals surface area contributed by atoms with Crippen molar-refractivity contribution in [3.05, 3.63) is 0 Å². The number of hydrogen-bond acceptors (Lipinski definition) is 3. The van der Waals surface area contributed by atoms with Gasteiger partial charge in [-0.3, -0.25) is 9.59 Å². The molecule has 1 aliphatic carbocycles. The van der Waals surface area contributed by atoms with Crippen LogP contribution in [0, 0.1) is 5.92 Å². The van der Waals surface area contributed by atoms with Gasteiger partial charge in [0.25, 0.3) is 0 Å². The molecule has 2 unspecified atom stereocenters. The molecule has 2 fully saturated rings. The lowest BCUT2D eigenvalue weighted by molar-refractivity contribution is -0.129. The summed E-state index contributed by atoms with van der Waals surface area (Å²) in [5.74, 6) is -0.0663. The second-order valence-corrected chi connectivity index (χ2v) is 5.46. The fraction of sp³-hybridized carbons (Fsp3) is 0.846. The molecular formula is C13H22N2O3. The number of carbonyl (C=O) groups excluding carboxylic acids is 2. The predicted octanol–water partition coefficient (Wildman–Crippen LogP) is 0.274. The predicted molar refractivity (Wildman–Crippen MR) is 66.8 cm³/mol. The van der Waals surface area contributed by atoms with Crippen LogP contribution in [0.2, 0.25) is 0 Å². The minimum atomic E-state index is -0.319. The smallest absolute Gasteiger partial charge is 0.225 e. The van der Waals surface area contributed by atoms with Crippen molar-refractivity contribution in [2.75, 3.05) is 13.1 Å². The average Bonchev–Trinajstić information content (AvgIpc) is 3.08. The van der Waals surface area contributed by atoms with Crippen molar-refractivity contribution >= 4 is 11.8 Å². The number of rotatable bonds is 6. The Morgan fingerprint density at radius 3 is 2.89 bits per heavy atom. The van der Waals surface area contributed by atoms with Crippen molar-refractivity contribution in [3.8, 4) is 0 Å². The van der Waals surface area contributed by atoms with Crippen molar-refractivity contribution < 1.29 is 14.7 Å². The normalized spacial score (nSPS) is 25.3. The molecule has 5 heteroatoms. The highest BCUT2D eigenvalue weighted by atomic mass is 16.3. The number of aliphatic hydroxyl groups is 1. The molecule has 2 aliphatic rings. The van der Waals surface area contributed by atoms with Crippen LogP contribution in [-0.4, -0.2) is 47.1 Å². The van der Waals surface area contributed by atoms with Gasteiger partial charge < -0.3 is 15.3 Å². The number of hydrogen-bond donors (Lipinski definition) is 2. The van der Waals surface area contributed by atoms with Gasteiger partial charge in [-0.1, -0.05) is 0 Å². The van der Waals surface area contributed by atoms with Gasteiger partial charge in [-0.15, -0.1) is 0 Å². The van der Waals surface area contributed by atoms with Crippen molar-refractivity contribution in [2.45, 2.75) is 51.2 Å². The Kier molecular flexibility index (Phi) is 4.22. The van der Waals surface area contributed by atoms with Gasteiger partial charge in [-0.05, 0) is 32.6 Å². The Morgan fingerprint density at radius 1 is 1.56 bits per heavy atom. The first-order valence-electron chi connectivity index (χ1n) is 6.83. The van der Waals surface area contributed by atoms with E-state index in [1.54, 1.807) is 6.92 Å². The van der Waals surface area contributed by atoms with Gasteiger partial charge in [0, 0.05) is 25.6 Å². The first kappa shape index (κ1) is 13.3. The van der Waals surface area contributed by atoms with Crippen LogP contribution in [0.25, 0.3) is 0 Å². The molecular weight excluding hydrogens is 232 g/mol. The van der Waals surface area contributed by atoms with E-state index >= 15 is 0 Å². The number of amides is 2. The number of carbonyl (C=O) groups is 2. The van der Waals surface area contributed by atoms with E-state index in [4.69, 9.17) is 5.11 Å². The number of nitrogens with one attached hydrogen (secondary N) is 1. The second kappa shape index (κ2) is 5.69. The molecule has 2 amide bonds. The van der Waals surface area contributed by atoms with Crippen molar-refractivity contribution in [3.63, 3.8) is 0 Å². The molecule has 5 nitrogen and oxygen atoms in total. The van der Waals surface area contributed by atoms with Crippen molar-refractivity contribution in [1.82, 2.24) is 10.2 Å². The van der Waals surface area contributed by atoms with Crippen LogP contribution in [0.15, 0.2) is 0 Å². The molecule has 2 rings (SSSR count). The molecule has 0 aromatic rings. The molecule has 1 aliphatic heterocycles. The monoisotopic (exact) mass is 254 g/mol. The zero-order valence-corrected chi connectivity index (χ0v) is 10.9. The lowest BCUT2D eigenvalue weighted by Gasteiger charge is -2.15. The van der Waals surface area contributed by atoms with E-state index in [1.165, 1.54) is 0 Å². The third-order valence-corrected chi connectivity index (χ3v) is 3.61. The minimum Gasteiger partial charge on any atom is -0.393 e. The van der Waals surface area contributed by atoms with Gasteiger partial charge in [-0.25, -0.2) is 0 Å². The van der Waals surface area contributed by atoms with Crippen LogP contribution < -0.4 is 5.32 Å². The Morgan fingerprint density at radius 2 is 2.28 bits per heavy atom. The van der Waals surface area contributed by atoms with E-state index in [0.717, 1.165) is 19.3 Å². The summed E-state index contributed by atoms with van der Waals surface area (Å²) in [4.78, 5) is 25.4. The summed E-state index contributed by atoms with van der Waals surface area (Å²) in [6, 6.07) is 0.408. The van der Waals surface area contributed by atoms with Crippen LogP contribution in [-0.2, 0) is 9.59 Å². The summed E-state index contributed by atoms with van der Waals surface area (Å²) in [5, 5.41) is 12.0. The van der Waals surface area contributed by atoms with Gasteiger partial charge in [0.2, 0.25) is 11.8 Å². The van der Waals surface area contributed by atoms with Crippen LogP contribution in [0.5, 0.6) is 0 Å². The summed E-state index contributed by atoms with van der Waals surface area (Å²) in [5.41, 5.74) is 0. The number of aliphatic hydroxyl groups excluding tert-OH is 1. The van der Waals surface area contributed by atoms with Crippen LogP contribution in [0.3, 0.4) is 0 Å². The van der Waals surface area contributed by atoms with E-state index in [-0.39, 0.29) is 23.8 Å². The summed E-state index contributed by atoms with van der Waals surface area (Å²) < 4.78 is 0. The summed E-state index contributed by atoms with van der Waals surface area (Å²) in [6.45, 7) is 2.91. The summed E-state index contributed by atoms with van der Waals surface area (Å²) in [6.07, 6.45) is 3.69. The zero-order valence-electron chi connectivity index (χ0n) is 10.9. The quantitative estimate of drug-likeness (QED) is 0.669. The fourth-order valence-corrected chi connectivity index (χ4v) is 2.40. The first-order chi connectivity index (χ1) is 8.58. The van der Waals surface area contributed by atoms with E-state index in [2.05, 4.69) is 5.32 Å². The largest absolute Gasteiger partial charge is 0.393 e. The highest BCUT2D eigenvalue weighted by Gasteiger charge is 2.41. The maximum Gasteiger partial charge on any atom is 0.225 e. The molecule has 2 N–H and O–H groups in total. The Bertz CT molecular complexity index is 326. The van der Waals surface area contributed by atoms with E-state index < -0.39 is 0 Å². The number of nitrogens with zero attached hydrogens (tertiary/aromatic N) is 1. The number of likely N-dealkylation sites (tertiary alicyclic amines) is 1. The molecule has 1 saturated carbocycles. The topological polar surface area (TPSA) is 69.6 Å². The van der Waals surface area contributed by atoms with E-state index in [0.29, 0.717) is 32.0 Å². The standard InChI is InChI=1S/C13H22N2O3/c1-9(16)3-2-6-14-13(18)10-7-12(17)15(8-10)11-4-5-11/h9-11,16H,2-8H2,1H3,(H,14,18). The van der Waals surface area contributed by atoms with Gasteiger partial charge in [-0.2, -0.15) is 0 Å². The SMILES string of the molecule is CC(O)CCCNC(=O)C1CC(=O)N(C2CC2)C1. The molecule has 2 atom stereocenters. The van der Waals surface area contributed by atoms with Gasteiger partial charge >= 0.3 is 0 Å². The van der Waals surface area contributed by atoms with Gasteiger partial charge in [0.05, 0.1) is 12.0 Å². The first-order valence-corrected chi connectivity index (χ1v) is 6.83. The molecule has 1 heterocycles. The van der Waals surface area contributed by atoms with Crippen molar-refractivity contribution in [1.29, 1.82) is 0 Å². The van der Waals surface area contributed by atoms with Crippen LogP contribution >= 0.6 is 0 Å². The third-order valence-electron chi connectivity index (χ3n) is 3.61. The highest BCUT2D eigenvalue weighted by molar-refractivity contribution is 5.89. The minimum absolute atomic E-state index is 0.0166. The lowest BCUT2D eigenvalue weighted by Crippen LogP contribution is -2.34. The van der Waals surface area contributed by atoms with Crippen LogP contribution in [0.1, 0.15) is 39.0 Å². The Labute approximate surface area is 108 Å². The van der Waals surface area contributed by atoms with Crippen LogP contribution in [0.4, 0.5) is 0 Å². The molecule has 1 saturated heterocycles. The Hall–Kier alpha value is -1.10. The van der Waals surface area contributed by atoms with Gasteiger partial charge in [0.15, 0.2) is 0 Å². The van der Waals surface area contributed by atoms with Crippen molar-refractivity contribution in [2.24, 2.45) is 5.92 Å². The molecule has 0 aromatic heterocycles.